The van der Waals surface area contributed by atoms with Crippen molar-refractivity contribution in [3.05, 3.63) is 39.4 Å². The highest BCUT2D eigenvalue weighted by molar-refractivity contribution is 7.98. The van der Waals surface area contributed by atoms with E-state index >= 15 is 0 Å². The summed E-state index contributed by atoms with van der Waals surface area (Å²) in [5.41, 5.74) is 1.39. The van der Waals surface area contributed by atoms with E-state index in [1.54, 1.807) is 6.07 Å². The number of hydrogen-bond acceptors (Lipinski definition) is 6. The van der Waals surface area contributed by atoms with Crippen LogP contribution in [0.1, 0.15) is 5.56 Å². The van der Waals surface area contributed by atoms with Crippen molar-refractivity contribution in [3.8, 4) is 11.5 Å². The molecule has 1 aliphatic rings. The molecule has 2 N–H and O–H groups in total. The molecule has 2 aromatic heterocycles. The quantitative estimate of drug-likeness (QED) is 0.563. The van der Waals surface area contributed by atoms with Crippen molar-refractivity contribution < 1.29 is 9.47 Å². The van der Waals surface area contributed by atoms with Crippen molar-refractivity contribution >= 4 is 34.5 Å². The van der Waals surface area contributed by atoms with Gasteiger partial charge in [0.25, 0.3) is 5.56 Å². The number of thioether (sulfide) groups is 1. The summed E-state index contributed by atoms with van der Waals surface area (Å²) in [5, 5.41) is 1.07. The zero-order valence-corrected chi connectivity index (χ0v) is 12.6. The minimum absolute atomic E-state index is 0.201. The van der Waals surface area contributed by atoms with Crippen LogP contribution in [0.25, 0.3) is 11.2 Å². The Kier molecular flexibility index (Phi) is 3.20. The SMILES string of the molecule is O=c1[nH]c(SCc2cc3c(cc2Cl)OCO3)nc2nc[nH]c12. The lowest BCUT2D eigenvalue weighted by atomic mass is 10.2. The molecule has 4 rings (SSSR count). The highest BCUT2D eigenvalue weighted by Crippen LogP contribution is 2.38. The summed E-state index contributed by atoms with van der Waals surface area (Å²) in [6.45, 7) is 0.201. The first-order valence-corrected chi connectivity index (χ1v) is 7.71. The van der Waals surface area contributed by atoms with Crippen molar-refractivity contribution in [1.82, 2.24) is 19.9 Å². The van der Waals surface area contributed by atoms with Gasteiger partial charge in [-0.15, -0.1) is 0 Å². The van der Waals surface area contributed by atoms with E-state index in [0.29, 0.717) is 38.6 Å². The van der Waals surface area contributed by atoms with Gasteiger partial charge in [-0.25, -0.2) is 9.97 Å². The summed E-state index contributed by atoms with van der Waals surface area (Å²) in [5.74, 6) is 1.85. The van der Waals surface area contributed by atoms with E-state index in [-0.39, 0.29) is 12.4 Å². The lowest BCUT2D eigenvalue weighted by Crippen LogP contribution is -2.09. The van der Waals surface area contributed by atoms with Gasteiger partial charge in [0.2, 0.25) is 6.79 Å². The number of aromatic amines is 2. The van der Waals surface area contributed by atoms with Gasteiger partial charge < -0.3 is 14.5 Å². The van der Waals surface area contributed by atoms with Crippen LogP contribution in [0.15, 0.2) is 28.4 Å². The molecule has 7 nitrogen and oxygen atoms in total. The Balaban J connectivity index is 1.60. The number of rotatable bonds is 3. The van der Waals surface area contributed by atoms with Gasteiger partial charge in [-0.3, -0.25) is 9.78 Å². The monoisotopic (exact) mass is 336 g/mol. The third-order valence-corrected chi connectivity index (χ3v) is 4.45. The summed E-state index contributed by atoms with van der Waals surface area (Å²) in [6.07, 6.45) is 1.44. The molecule has 0 amide bonds. The number of benzene rings is 1. The van der Waals surface area contributed by atoms with Crippen molar-refractivity contribution in [3.63, 3.8) is 0 Å². The Morgan fingerprint density at radius 2 is 2.14 bits per heavy atom. The van der Waals surface area contributed by atoms with Crippen molar-refractivity contribution in [2.24, 2.45) is 0 Å². The first-order chi connectivity index (χ1) is 10.7. The third-order valence-electron chi connectivity index (χ3n) is 3.18. The number of hydrogen-bond donors (Lipinski definition) is 2. The van der Waals surface area contributed by atoms with E-state index in [0.717, 1.165) is 5.56 Å². The topological polar surface area (TPSA) is 92.9 Å². The lowest BCUT2D eigenvalue weighted by Gasteiger charge is -2.05. The van der Waals surface area contributed by atoms with Crippen LogP contribution >= 0.6 is 23.4 Å². The van der Waals surface area contributed by atoms with E-state index in [1.807, 2.05) is 6.07 Å². The fourth-order valence-corrected chi connectivity index (χ4v) is 3.25. The first kappa shape index (κ1) is 13.5. The van der Waals surface area contributed by atoms with Gasteiger partial charge in [-0.05, 0) is 11.6 Å². The molecule has 3 aromatic rings. The Morgan fingerprint density at radius 1 is 1.32 bits per heavy atom. The Hall–Kier alpha value is -2.19. The lowest BCUT2D eigenvalue weighted by molar-refractivity contribution is 0.174. The molecular weight excluding hydrogens is 328 g/mol. The number of nitrogens with zero attached hydrogens (tertiary/aromatic N) is 2. The molecule has 0 unspecified atom stereocenters. The largest absolute Gasteiger partial charge is 0.454 e. The van der Waals surface area contributed by atoms with Crippen molar-refractivity contribution in [2.75, 3.05) is 6.79 Å². The Bertz CT molecular complexity index is 923. The molecule has 112 valence electrons. The molecule has 0 atom stereocenters. The van der Waals surface area contributed by atoms with E-state index in [1.165, 1.54) is 18.1 Å². The van der Waals surface area contributed by atoms with Crippen LogP contribution in [0.5, 0.6) is 11.5 Å². The van der Waals surface area contributed by atoms with Crippen molar-refractivity contribution in [1.29, 1.82) is 0 Å². The molecule has 0 saturated carbocycles. The van der Waals surface area contributed by atoms with Gasteiger partial charge >= 0.3 is 0 Å². The zero-order chi connectivity index (χ0) is 15.1. The minimum Gasteiger partial charge on any atom is -0.454 e. The molecular formula is C13H9ClN4O3S. The summed E-state index contributed by atoms with van der Waals surface area (Å²) < 4.78 is 10.6. The fourth-order valence-electron chi connectivity index (χ4n) is 2.11. The van der Waals surface area contributed by atoms with Crippen LogP contribution in [-0.2, 0) is 5.75 Å². The predicted molar refractivity (Wildman–Crippen MR) is 81.6 cm³/mol. The molecule has 1 aliphatic heterocycles. The number of imidazole rings is 1. The normalized spacial score (nSPS) is 13.0. The van der Waals surface area contributed by atoms with E-state index in [4.69, 9.17) is 21.1 Å². The van der Waals surface area contributed by atoms with Crippen LogP contribution in [0.3, 0.4) is 0 Å². The number of nitrogens with one attached hydrogen (secondary N) is 2. The highest BCUT2D eigenvalue weighted by atomic mass is 35.5. The maximum Gasteiger partial charge on any atom is 0.277 e. The van der Waals surface area contributed by atoms with Gasteiger partial charge in [-0.1, -0.05) is 23.4 Å². The van der Waals surface area contributed by atoms with Crippen LogP contribution in [0, 0.1) is 0 Å². The zero-order valence-electron chi connectivity index (χ0n) is 11.1. The molecule has 0 bridgehead atoms. The smallest absolute Gasteiger partial charge is 0.277 e. The highest BCUT2D eigenvalue weighted by Gasteiger charge is 2.17. The van der Waals surface area contributed by atoms with E-state index in [2.05, 4.69) is 19.9 Å². The second-order valence-electron chi connectivity index (χ2n) is 4.56. The molecule has 22 heavy (non-hydrogen) atoms. The number of ether oxygens (including phenoxy) is 2. The Labute approximate surface area is 133 Å². The van der Waals surface area contributed by atoms with Crippen LogP contribution in [0.4, 0.5) is 0 Å². The number of halogens is 1. The van der Waals surface area contributed by atoms with Gasteiger partial charge in [0, 0.05) is 16.8 Å². The maximum atomic E-state index is 11.8. The molecule has 1 aromatic carbocycles. The molecule has 3 heterocycles. The second-order valence-corrected chi connectivity index (χ2v) is 5.93. The molecule has 0 radical (unpaired) electrons. The number of aromatic nitrogens is 4. The third kappa shape index (κ3) is 2.30. The average molecular weight is 337 g/mol. The summed E-state index contributed by atoms with van der Waals surface area (Å²) in [6, 6.07) is 3.57. The van der Waals surface area contributed by atoms with Crippen LogP contribution in [-0.4, -0.2) is 26.7 Å². The number of fused-ring (bicyclic) bond motifs is 2. The van der Waals surface area contributed by atoms with Gasteiger partial charge in [0.1, 0.15) is 0 Å². The molecule has 9 heteroatoms. The summed E-state index contributed by atoms with van der Waals surface area (Å²) in [7, 11) is 0. The van der Waals surface area contributed by atoms with Crippen molar-refractivity contribution in [2.45, 2.75) is 10.9 Å². The molecule has 0 aliphatic carbocycles. The molecule has 0 spiro atoms. The van der Waals surface area contributed by atoms with Gasteiger partial charge in [-0.2, -0.15) is 0 Å². The first-order valence-electron chi connectivity index (χ1n) is 6.35. The van der Waals surface area contributed by atoms with Crippen LogP contribution in [0.2, 0.25) is 5.02 Å². The molecule has 0 fully saturated rings. The number of H-pyrrole nitrogens is 2. The summed E-state index contributed by atoms with van der Waals surface area (Å²) >= 11 is 7.59. The van der Waals surface area contributed by atoms with E-state index in [9.17, 15) is 4.79 Å². The standard InChI is InChI=1S/C13H9ClN4O3S/c14-7-2-9-8(20-5-21-9)1-6(7)3-22-13-17-11-10(12(19)18-13)15-4-16-11/h1-2,4H,3,5H2,(H2,15,16,17,18,19). The average Bonchev–Trinajstić information content (AvgIpc) is 3.13. The minimum atomic E-state index is -0.248. The van der Waals surface area contributed by atoms with E-state index < -0.39 is 0 Å². The van der Waals surface area contributed by atoms with Crippen LogP contribution < -0.4 is 15.0 Å². The van der Waals surface area contributed by atoms with Gasteiger partial charge in [0.05, 0.1) is 6.33 Å². The molecule has 0 saturated heterocycles. The summed E-state index contributed by atoms with van der Waals surface area (Å²) in [4.78, 5) is 25.6. The Morgan fingerprint density at radius 3 is 3.00 bits per heavy atom. The fraction of sp³-hybridized carbons (Fsp3) is 0.154. The van der Waals surface area contributed by atoms with Gasteiger partial charge in [0.15, 0.2) is 27.8 Å². The second kappa shape index (κ2) is 5.22. The maximum absolute atomic E-state index is 11.8. The predicted octanol–water partition coefficient (Wildman–Crippen LogP) is 2.32.